The van der Waals surface area contributed by atoms with E-state index in [-0.39, 0.29) is 4.90 Å². The molecule has 1 aromatic carbocycles. The SMILES string of the molecule is N#Cc1cc(Cl)ccc1N1CCN(S(=O)(=O)c2cccnc2)CC1. The zero-order chi connectivity index (χ0) is 17.2. The van der Waals surface area contributed by atoms with Crippen LogP contribution in [0, 0.1) is 11.3 Å². The van der Waals surface area contributed by atoms with Gasteiger partial charge < -0.3 is 4.90 Å². The van der Waals surface area contributed by atoms with Gasteiger partial charge >= 0.3 is 0 Å². The van der Waals surface area contributed by atoms with Crippen molar-refractivity contribution in [2.45, 2.75) is 4.90 Å². The summed E-state index contributed by atoms with van der Waals surface area (Å²) >= 11 is 5.92. The van der Waals surface area contributed by atoms with Gasteiger partial charge in [-0.2, -0.15) is 9.57 Å². The monoisotopic (exact) mass is 362 g/mol. The molecule has 0 bridgehead atoms. The Bertz CT molecular complexity index is 873. The highest BCUT2D eigenvalue weighted by atomic mass is 35.5. The molecule has 0 unspecified atom stereocenters. The van der Waals surface area contributed by atoms with Crippen molar-refractivity contribution in [2.75, 3.05) is 31.1 Å². The molecule has 8 heteroatoms. The van der Waals surface area contributed by atoms with Crippen LogP contribution in [0.1, 0.15) is 5.56 Å². The molecule has 0 aliphatic carbocycles. The lowest BCUT2D eigenvalue weighted by Crippen LogP contribution is -2.48. The summed E-state index contributed by atoms with van der Waals surface area (Å²) in [5, 5.41) is 9.76. The number of rotatable bonds is 3. The van der Waals surface area contributed by atoms with Crippen LogP contribution < -0.4 is 4.90 Å². The highest BCUT2D eigenvalue weighted by Gasteiger charge is 2.29. The number of piperazine rings is 1. The molecule has 0 saturated carbocycles. The number of pyridine rings is 1. The molecule has 2 heterocycles. The Hall–Kier alpha value is -2.14. The van der Waals surface area contributed by atoms with Crippen molar-refractivity contribution in [3.05, 3.63) is 53.3 Å². The molecule has 6 nitrogen and oxygen atoms in total. The number of aromatic nitrogens is 1. The Kier molecular flexibility index (Phi) is 4.71. The lowest BCUT2D eigenvalue weighted by molar-refractivity contribution is 0.384. The van der Waals surface area contributed by atoms with Crippen molar-refractivity contribution in [2.24, 2.45) is 0 Å². The third-order valence-corrected chi connectivity index (χ3v) is 6.05. The number of hydrogen-bond acceptors (Lipinski definition) is 5. The van der Waals surface area contributed by atoms with E-state index in [4.69, 9.17) is 11.6 Å². The first kappa shape index (κ1) is 16.7. The van der Waals surface area contributed by atoms with Gasteiger partial charge in [0, 0.05) is 43.6 Å². The number of hydrogen-bond donors (Lipinski definition) is 0. The van der Waals surface area contributed by atoms with Crippen molar-refractivity contribution in [3.8, 4) is 6.07 Å². The summed E-state index contributed by atoms with van der Waals surface area (Å²) in [4.78, 5) is 6.08. The maximum atomic E-state index is 12.6. The number of anilines is 1. The molecule has 0 spiro atoms. The van der Waals surface area contributed by atoms with E-state index in [1.807, 2.05) is 4.90 Å². The van der Waals surface area contributed by atoms with Gasteiger partial charge in [-0.25, -0.2) is 8.42 Å². The number of halogens is 1. The normalized spacial score (nSPS) is 15.9. The highest BCUT2D eigenvalue weighted by molar-refractivity contribution is 7.89. The van der Waals surface area contributed by atoms with Crippen LogP contribution in [0.4, 0.5) is 5.69 Å². The predicted molar refractivity (Wildman–Crippen MR) is 91.4 cm³/mol. The molecule has 124 valence electrons. The van der Waals surface area contributed by atoms with E-state index in [0.29, 0.717) is 36.8 Å². The average Bonchev–Trinajstić information content (AvgIpc) is 2.62. The number of nitrogens with zero attached hydrogens (tertiary/aromatic N) is 4. The minimum atomic E-state index is -3.53. The summed E-state index contributed by atoms with van der Waals surface area (Å²) in [6, 6.07) is 10.4. The van der Waals surface area contributed by atoms with Crippen LogP contribution in [0.15, 0.2) is 47.6 Å². The van der Waals surface area contributed by atoms with Gasteiger partial charge in [0.05, 0.1) is 11.3 Å². The Morgan fingerprint density at radius 1 is 1.17 bits per heavy atom. The van der Waals surface area contributed by atoms with Crippen molar-refractivity contribution >= 4 is 27.3 Å². The van der Waals surface area contributed by atoms with Crippen molar-refractivity contribution in [3.63, 3.8) is 0 Å². The van der Waals surface area contributed by atoms with Crippen LogP contribution >= 0.6 is 11.6 Å². The fourth-order valence-electron chi connectivity index (χ4n) is 2.69. The van der Waals surface area contributed by atoms with Crippen LogP contribution in [0.25, 0.3) is 0 Å². The molecule has 1 fully saturated rings. The summed E-state index contributed by atoms with van der Waals surface area (Å²) in [5.74, 6) is 0. The van der Waals surface area contributed by atoms with Crippen molar-refractivity contribution in [1.29, 1.82) is 5.26 Å². The number of benzene rings is 1. The zero-order valence-electron chi connectivity index (χ0n) is 12.8. The maximum absolute atomic E-state index is 12.6. The Labute approximate surface area is 146 Å². The fraction of sp³-hybridized carbons (Fsp3) is 0.250. The third-order valence-electron chi connectivity index (χ3n) is 3.93. The van der Waals surface area contributed by atoms with Crippen LogP contribution in [-0.4, -0.2) is 43.9 Å². The van der Waals surface area contributed by atoms with Crippen LogP contribution in [-0.2, 0) is 10.0 Å². The molecule has 0 atom stereocenters. The first-order valence-corrected chi connectivity index (χ1v) is 9.19. The quantitative estimate of drug-likeness (QED) is 0.835. The predicted octanol–water partition coefficient (Wildman–Crippen LogP) is 2.12. The van der Waals surface area contributed by atoms with Gasteiger partial charge in [-0.3, -0.25) is 4.98 Å². The Balaban J connectivity index is 1.76. The largest absolute Gasteiger partial charge is 0.368 e. The summed E-state index contributed by atoms with van der Waals surface area (Å²) in [6.07, 6.45) is 2.90. The summed E-state index contributed by atoms with van der Waals surface area (Å²) in [7, 11) is -3.53. The molecule has 24 heavy (non-hydrogen) atoms. The van der Waals surface area contributed by atoms with Gasteiger partial charge in [0.2, 0.25) is 10.0 Å². The van der Waals surface area contributed by atoms with Gasteiger partial charge in [-0.15, -0.1) is 0 Å². The number of nitriles is 1. The Morgan fingerprint density at radius 2 is 1.92 bits per heavy atom. The van der Waals surface area contributed by atoms with Gasteiger partial charge in [0.25, 0.3) is 0 Å². The molecule has 1 aliphatic rings. The van der Waals surface area contributed by atoms with Crippen LogP contribution in [0.2, 0.25) is 5.02 Å². The molecule has 0 N–H and O–H groups in total. The molecule has 1 aliphatic heterocycles. The second-order valence-electron chi connectivity index (χ2n) is 5.35. The van der Waals surface area contributed by atoms with E-state index in [2.05, 4.69) is 11.1 Å². The second kappa shape index (κ2) is 6.77. The summed E-state index contributed by atoms with van der Waals surface area (Å²) in [5.41, 5.74) is 1.27. The minimum absolute atomic E-state index is 0.197. The topological polar surface area (TPSA) is 77.3 Å². The van der Waals surface area contributed by atoms with Gasteiger partial charge in [-0.05, 0) is 30.3 Å². The van der Waals surface area contributed by atoms with E-state index >= 15 is 0 Å². The molecule has 1 aromatic heterocycles. The maximum Gasteiger partial charge on any atom is 0.244 e. The first-order chi connectivity index (χ1) is 11.5. The summed E-state index contributed by atoms with van der Waals surface area (Å²) < 4.78 is 26.6. The zero-order valence-corrected chi connectivity index (χ0v) is 14.3. The van der Waals surface area contributed by atoms with E-state index in [0.717, 1.165) is 5.69 Å². The fourth-order valence-corrected chi connectivity index (χ4v) is 4.25. The van der Waals surface area contributed by atoms with Crippen LogP contribution in [0.3, 0.4) is 0 Å². The molecular weight excluding hydrogens is 348 g/mol. The first-order valence-electron chi connectivity index (χ1n) is 7.37. The molecule has 1 saturated heterocycles. The highest BCUT2D eigenvalue weighted by Crippen LogP contribution is 2.26. The van der Waals surface area contributed by atoms with Gasteiger partial charge in [-0.1, -0.05) is 11.6 Å². The third kappa shape index (κ3) is 3.22. The second-order valence-corrected chi connectivity index (χ2v) is 7.73. The van der Waals surface area contributed by atoms with Crippen molar-refractivity contribution < 1.29 is 8.42 Å². The van der Waals surface area contributed by atoms with E-state index in [1.165, 1.54) is 10.5 Å². The molecule has 2 aromatic rings. The lowest BCUT2D eigenvalue weighted by Gasteiger charge is -2.35. The van der Waals surface area contributed by atoms with Gasteiger partial charge in [0.15, 0.2) is 0 Å². The van der Waals surface area contributed by atoms with E-state index < -0.39 is 10.0 Å². The van der Waals surface area contributed by atoms with E-state index in [9.17, 15) is 13.7 Å². The molecular formula is C16H15ClN4O2S. The smallest absolute Gasteiger partial charge is 0.244 e. The lowest BCUT2D eigenvalue weighted by atomic mass is 10.1. The summed E-state index contributed by atoms with van der Waals surface area (Å²) in [6.45, 7) is 1.72. The molecule has 0 radical (unpaired) electrons. The minimum Gasteiger partial charge on any atom is -0.368 e. The standard InChI is InChI=1S/C16H15ClN4O2S/c17-14-3-4-16(13(10-14)11-18)20-6-8-21(9-7-20)24(22,23)15-2-1-5-19-12-15/h1-5,10,12H,6-9H2. The average molecular weight is 363 g/mol. The number of sulfonamides is 1. The molecule has 3 rings (SSSR count). The van der Waals surface area contributed by atoms with Crippen LogP contribution in [0.5, 0.6) is 0 Å². The Morgan fingerprint density at radius 3 is 2.54 bits per heavy atom. The van der Waals surface area contributed by atoms with E-state index in [1.54, 1.807) is 36.5 Å². The van der Waals surface area contributed by atoms with Gasteiger partial charge in [0.1, 0.15) is 11.0 Å². The molecule has 0 amide bonds. The van der Waals surface area contributed by atoms with Crippen molar-refractivity contribution in [1.82, 2.24) is 9.29 Å².